The first-order valence-electron chi connectivity index (χ1n) is 6.33. The van der Waals surface area contributed by atoms with Gasteiger partial charge >= 0.3 is 0 Å². The Balaban J connectivity index is 2.61. The summed E-state index contributed by atoms with van der Waals surface area (Å²) >= 11 is 0. The molecule has 0 fully saturated rings. The molecular formula is C14H22N2O2. The van der Waals surface area contributed by atoms with Gasteiger partial charge in [-0.05, 0) is 32.4 Å². The smallest absolute Gasteiger partial charge is 0.225 e. The van der Waals surface area contributed by atoms with Gasteiger partial charge in [0.15, 0.2) is 0 Å². The molecule has 1 aromatic carbocycles. The second-order valence-corrected chi connectivity index (χ2v) is 4.59. The van der Waals surface area contributed by atoms with Gasteiger partial charge in [-0.1, -0.05) is 13.0 Å². The molecule has 1 aromatic rings. The van der Waals surface area contributed by atoms with Gasteiger partial charge < -0.3 is 15.8 Å². The van der Waals surface area contributed by atoms with Gasteiger partial charge in [0.2, 0.25) is 5.91 Å². The van der Waals surface area contributed by atoms with Crippen LogP contribution in [0.3, 0.4) is 0 Å². The van der Waals surface area contributed by atoms with Crippen LogP contribution in [0.2, 0.25) is 0 Å². The summed E-state index contributed by atoms with van der Waals surface area (Å²) in [5.74, 6) is 0.689. The zero-order valence-corrected chi connectivity index (χ0v) is 11.3. The molecule has 0 aliphatic rings. The minimum absolute atomic E-state index is 0.0781. The number of carbonyl (C=O) groups is 1. The highest BCUT2D eigenvalue weighted by Gasteiger charge is 2.07. The van der Waals surface area contributed by atoms with E-state index in [4.69, 9.17) is 10.5 Å². The van der Waals surface area contributed by atoms with Crippen molar-refractivity contribution in [3.8, 4) is 5.75 Å². The van der Waals surface area contributed by atoms with Gasteiger partial charge in [0.1, 0.15) is 5.75 Å². The predicted molar refractivity (Wildman–Crippen MR) is 73.7 cm³/mol. The lowest BCUT2D eigenvalue weighted by Crippen LogP contribution is -2.24. The van der Waals surface area contributed by atoms with E-state index in [0.717, 1.165) is 17.9 Å². The average Bonchev–Trinajstić information content (AvgIpc) is 2.28. The number of rotatable bonds is 6. The average molecular weight is 250 g/mol. The number of anilines is 1. The molecular weight excluding hydrogens is 228 g/mol. The van der Waals surface area contributed by atoms with E-state index in [1.807, 2.05) is 38.1 Å². The normalized spacial score (nSPS) is 13.8. The molecule has 0 saturated heterocycles. The summed E-state index contributed by atoms with van der Waals surface area (Å²) in [6.07, 6.45) is 1.43. The van der Waals surface area contributed by atoms with E-state index < -0.39 is 0 Å². The van der Waals surface area contributed by atoms with Gasteiger partial charge in [-0.2, -0.15) is 0 Å². The molecule has 0 spiro atoms. The highest BCUT2D eigenvalue weighted by molar-refractivity contribution is 5.91. The van der Waals surface area contributed by atoms with Crippen molar-refractivity contribution < 1.29 is 9.53 Å². The van der Waals surface area contributed by atoms with Gasteiger partial charge in [-0.3, -0.25) is 4.79 Å². The molecule has 4 nitrogen and oxygen atoms in total. The number of carbonyl (C=O) groups excluding carboxylic acids is 1. The van der Waals surface area contributed by atoms with E-state index in [-0.39, 0.29) is 18.1 Å². The lowest BCUT2D eigenvalue weighted by molar-refractivity contribution is -0.116. The minimum atomic E-state index is -0.135. The van der Waals surface area contributed by atoms with Crippen molar-refractivity contribution in [1.29, 1.82) is 0 Å². The van der Waals surface area contributed by atoms with Crippen molar-refractivity contribution in [3.63, 3.8) is 0 Å². The molecule has 100 valence electrons. The van der Waals surface area contributed by atoms with Crippen LogP contribution in [0.4, 0.5) is 5.69 Å². The van der Waals surface area contributed by atoms with Gasteiger partial charge in [-0.15, -0.1) is 0 Å². The van der Waals surface area contributed by atoms with Crippen LogP contribution in [0, 0.1) is 0 Å². The van der Waals surface area contributed by atoms with Crippen LogP contribution in [0.5, 0.6) is 5.75 Å². The third-order valence-electron chi connectivity index (χ3n) is 2.54. The first-order valence-corrected chi connectivity index (χ1v) is 6.33. The molecule has 0 bridgehead atoms. The van der Waals surface area contributed by atoms with Crippen LogP contribution in [-0.4, -0.2) is 18.1 Å². The molecule has 3 N–H and O–H groups in total. The van der Waals surface area contributed by atoms with Crippen molar-refractivity contribution in [2.24, 2.45) is 5.73 Å². The largest absolute Gasteiger partial charge is 0.491 e. The van der Waals surface area contributed by atoms with E-state index in [1.54, 1.807) is 0 Å². The summed E-state index contributed by atoms with van der Waals surface area (Å²) in [5.41, 5.74) is 6.31. The number of ether oxygens (including phenoxy) is 1. The molecule has 0 heterocycles. The minimum Gasteiger partial charge on any atom is -0.491 e. The van der Waals surface area contributed by atoms with E-state index in [9.17, 15) is 4.79 Å². The fourth-order valence-electron chi connectivity index (χ4n) is 1.47. The summed E-state index contributed by atoms with van der Waals surface area (Å²) in [6, 6.07) is 7.27. The quantitative estimate of drug-likeness (QED) is 0.815. The van der Waals surface area contributed by atoms with E-state index in [0.29, 0.717) is 6.42 Å². The lowest BCUT2D eigenvalue weighted by atomic mass is 10.2. The summed E-state index contributed by atoms with van der Waals surface area (Å²) < 4.78 is 5.69. The Morgan fingerprint density at radius 1 is 1.44 bits per heavy atom. The summed E-state index contributed by atoms with van der Waals surface area (Å²) in [6.45, 7) is 5.89. The fraction of sp³-hybridized carbons (Fsp3) is 0.500. The molecule has 1 rings (SSSR count). The van der Waals surface area contributed by atoms with Crippen molar-refractivity contribution >= 4 is 11.6 Å². The highest BCUT2D eigenvalue weighted by Crippen LogP contribution is 2.19. The Labute approximate surface area is 109 Å². The molecule has 18 heavy (non-hydrogen) atoms. The van der Waals surface area contributed by atoms with Crippen LogP contribution in [0.15, 0.2) is 24.3 Å². The Kier molecular flexibility index (Phi) is 5.65. The monoisotopic (exact) mass is 250 g/mol. The second kappa shape index (κ2) is 7.01. The number of nitrogens with one attached hydrogen (secondary N) is 1. The maximum absolute atomic E-state index is 11.6. The Bertz CT molecular complexity index is 391. The topological polar surface area (TPSA) is 64.3 Å². The van der Waals surface area contributed by atoms with Gasteiger partial charge in [-0.25, -0.2) is 0 Å². The van der Waals surface area contributed by atoms with Gasteiger partial charge in [0, 0.05) is 24.2 Å². The molecule has 1 amide bonds. The molecule has 4 heteroatoms. The predicted octanol–water partition coefficient (Wildman–Crippen LogP) is 2.54. The zero-order valence-electron chi connectivity index (χ0n) is 11.3. The number of nitrogens with two attached hydrogens (primary N) is 1. The first kappa shape index (κ1) is 14.5. The van der Waals surface area contributed by atoms with Crippen molar-refractivity contribution in [1.82, 2.24) is 0 Å². The maximum atomic E-state index is 11.6. The van der Waals surface area contributed by atoms with Crippen LogP contribution in [-0.2, 0) is 4.79 Å². The number of hydrogen-bond acceptors (Lipinski definition) is 3. The number of hydrogen-bond donors (Lipinski definition) is 2. The molecule has 0 saturated carbocycles. The van der Waals surface area contributed by atoms with Gasteiger partial charge in [0.25, 0.3) is 0 Å². The second-order valence-electron chi connectivity index (χ2n) is 4.59. The summed E-state index contributed by atoms with van der Waals surface area (Å²) in [5, 5.41) is 2.81. The summed E-state index contributed by atoms with van der Waals surface area (Å²) in [4.78, 5) is 11.6. The van der Waals surface area contributed by atoms with Crippen LogP contribution >= 0.6 is 0 Å². The van der Waals surface area contributed by atoms with Crippen LogP contribution in [0.25, 0.3) is 0 Å². The molecule has 0 aromatic heterocycles. The number of benzene rings is 1. The van der Waals surface area contributed by atoms with Crippen molar-refractivity contribution in [3.05, 3.63) is 24.3 Å². The maximum Gasteiger partial charge on any atom is 0.225 e. The first-order chi connectivity index (χ1) is 8.51. The van der Waals surface area contributed by atoms with Crippen molar-refractivity contribution in [2.75, 3.05) is 5.32 Å². The third kappa shape index (κ3) is 5.19. The molecule has 0 radical (unpaired) electrons. The van der Waals surface area contributed by atoms with Crippen LogP contribution < -0.4 is 15.8 Å². The summed E-state index contributed by atoms with van der Waals surface area (Å²) in [7, 11) is 0. The molecule has 2 atom stereocenters. The third-order valence-corrected chi connectivity index (χ3v) is 2.54. The van der Waals surface area contributed by atoms with E-state index in [2.05, 4.69) is 12.2 Å². The zero-order chi connectivity index (χ0) is 13.5. The molecule has 0 aliphatic carbocycles. The molecule has 0 aliphatic heterocycles. The SMILES string of the molecule is CCC(C)Oc1cccc(NC(=O)CC(C)N)c1. The van der Waals surface area contributed by atoms with Gasteiger partial charge in [0.05, 0.1) is 6.10 Å². The van der Waals surface area contributed by atoms with Crippen LogP contribution in [0.1, 0.15) is 33.6 Å². The Hall–Kier alpha value is -1.55. The molecule has 2 unspecified atom stereocenters. The van der Waals surface area contributed by atoms with E-state index >= 15 is 0 Å². The highest BCUT2D eigenvalue weighted by atomic mass is 16.5. The number of amides is 1. The Morgan fingerprint density at radius 3 is 2.78 bits per heavy atom. The lowest BCUT2D eigenvalue weighted by Gasteiger charge is -2.14. The van der Waals surface area contributed by atoms with E-state index in [1.165, 1.54) is 0 Å². The Morgan fingerprint density at radius 2 is 2.17 bits per heavy atom. The van der Waals surface area contributed by atoms with Crippen molar-refractivity contribution in [2.45, 2.75) is 45.8 Å². The fourth-order valence-corrected chi connectivity index (χ4v) is 1.47. The standard InChI is InChI=1S/C14H22N2O2/c1-4-11(3)18-13-7-5-6-12(9-13)16-14(17)8-10(2)15/h5-7,9-11H,4,8,15H2,1-3H3,(H,16,17).